The first-order valence-electron chi connectivity index (χ1n) is 8.86. The number of aryl methyl sites for hydroxylation is 2. The number of nitrogens with one attached hydrogen (secondary N) is 1. The van der Waals surface area contributed by atoms with Crippen molar-refractivity contribution < 1.29 is 9.53 Å². The number of unbranched alkanes of at least 4 members (excludes halogenated alkanes) is 1. The van der Waals surface area contributed by atoms with Crippen LogP contribution in [0.5, 0.6) is 5.75 Å². The van der Waals surface area contributed by atoms with Gasteiger partial charge in [-0.3, -0.25) is 4.79 Å². The minimum atomic E-state index is 0.0212. The maximum Gasteiger partial charge on any atom is 0.224 e. The second kappa shape index (κ2) is 10.2. The zero-order valence-electron chi connectivity index (χ0n) is 15.0. The zero-order chi connectivity index (χ0) is 18.1. The number of carbonyl (C=O) groups is 1. The van der Waals surface area contributed by atoms with E-state index in [-0.39, 0.29) is 5.91 Å². The van der Waals surface area contributed by atoms with Crippen molar-refractivity contribution in [3.63, 3.8) is 0 Å². The van der Waals surface area contributed by atoms with E-state index in [1.54, 1.807) is 0 Å². The van der Waals surface area contributed by atoms with Gasteiger partial charge in [0.2, 0.25) is 5.91 Å². The Morgan fingerprint density at radius 1 is 1.12 bits per heavy atom. The summed E-state index contributed by atoms with van der Waals surface area (Å²) in [4.78, 5) is 12.0. The minimum absolute atomic E-state index is 0.0212. The van der Waals surface area contributed by atoms with Crippen LogP contribution >= 0.6 is 15.9 Å². The number of anilines is 1. The van der Waals surface area contributed by atoms with Crippen LogP contribution in [0.2, 0.25) is 0 Å². The fourth-order valence-corrected chi connectivity index (χ4v) is 3.10. The molecule has 0 atom stereocenters. The highest BCUT2D eigenvalue weighted by molar-refractivity contribution is 9.10. The van der Waals surface area contributed by atoms with E-state index in [9.17, 15) is 4.79 Å². The van der Waals surface area contributed by atoms with Crippen LogP contribution in [0.4, 0.5) is 5.69 Å². The molecule has 0 bridgehead atoms. The van der Waals surface area contributed by atoms with Gasteiger partial charge >= 0.3 is 0 Å². The monoisotopic (exact) mass is 403 g/mol. The average molecular weight is 404 g/mol. The van der Waals surface area contributed by atoms with Gasteiger partial charge in [0.25, 0.3) is 0 Å². The van der Waals surface area contributed by atoms with Gasteiger partial charge in [-0.15, -0.1) is 0 Å². The van der Waals surface area contributed by atoms with Crippen molar-refractivity contribution >= 4 is 27.5 Å². The van der Waals surface area contributed by atoms with Gasteiger partial charge < -0.3 is 10.1 Å². The molecule has 0 saturated heterocycles. The van der Waals surface area contributed by atoms with Crippen LogP contribution < -0.4 is 10.1 Å². The normalized spacial score (nSPS) is 10.5. The van der Waals surface area contributed by atoms with E-state index in [0.29, 0.717) is 19.4 Å². The third-order valence-electron chi connectivity index (χ3n) is 3.95. The molecule has 2 aromatic rings. The first kappa shape index (κ1) is 19.5. The third-order valence-corrected chi connectivity index (χ3v) is 4.57. The lowest BCUT2D eigenvalue weighted by Gasteiger charge is -2.09. The van der Waals surface area contributed by atoms with Crippen LogP contribution in [-0.2, 0) is 11.2 Å². The molecule has 4 heteroatoms. The van der Waals surface area contributed by atoms with Crippen molar-refractivity contribution in [2.45, 2.75) is 46.0 Å². The molecule has 2 rings (SSSR count). The number of carbonyl (C=O) groups excluding carboxylic acids is 1. The second-order valence-corrected chi connectivity index (χ2v) is 7.09. The predicted octanol–water partition coefficient (Wildman–Crippen LogP) is 5.90. The fourth-order valence-electron chi connectivity index (χ4n) is 2.50. The molecule has 0 fully saturated rings. The molecule has 0 saturated carbocycles. The predicted molar refractivity (Wildman–Crippen MR) is 107 cm³/mol. The summed E-state index contributed by atoms with van der Waals surface area (Å²) in [5.74, 6) is 0.835. The van der Waals surface area contributed by atoms with Crippen LogP contribution in [0.15, 0.2) is 46.9 Å². The number of amides is 1. The molecule has 1 amide bonds. The SMILES string of the molecule is CCCCc1ccc(NC(=O)CCCOc2ccc(C)cc2Br)cc1. The van der Waals surface area contributed by atoms with E-state index < -0.39 is 0 Å². The van der Waals surface area contributed by atoms with Crippen LogP contribution in [0, 0.1) is 6.92 Å². The van der Waals surface area contributed by atoms with Crippen molar-refractivity contribution in [3.05, 3.63) is 58.1 Å². The molecule has 0 aliphatic heterocycles. The maximum absolute atomic E-state index is 12.0. The molecule has 3 nitrogen and oxygen atoms in total. The number of benzene rings is 2. The zero-order valence-corrected chi connectivity index (χ0v) is 16.6. The molecule has 134 valence electrons. The summed E-state index contributed by atoms with van der Waals surface area (Å²) in [6.45, 7) is 4.75. The quantitative estimate of drug-likeness (QED) is 0.529. The highest BCUT2D eigenvalue weighted by Crippen LogP contribution is 2.25. The van der Waals surface area contributed by atoms with Gasteiger partial charge in [0, 0.05) is 12.1 Å². The largest absolute Gasteiger partial charge is 0.492 e. The highest BCUT2D eigenvalue weighted by atomic mass is 79.9. The molecular weight excluding hydrogens is 378 g/mol. The van der Waals surface area contributed by atoms with Gasteiger partial charge in [-0.1, -0.05) is 31.5 Å². The Morgan fingerprint density at radius 2 is 1.88 bits per heavy atom. The molecule has 0 heterocycles. The van der Waals surface area contributed by atoms with Gasteiger partial charge in [0.05, 0.1) is 11.1 Å². The molecule has 0 aromatic heterocycles. The molecule has 2 aromatic carbocycles. The Bertz CT molecular complexity index is 683. The first-order chi connectivity index (χ1) is 12.1. The van der Waals surface area contributed by atoms with E-state index in [1.807, 2.05) is 37.3 Å². The van der Waals surface area contributed by atoms with Crippen LogP contribution in [0.25, 0.3) is 0 Å². The second-order valence-electron chi connectivity index (χ2n) is 6.23. The molecule has 0 aliphatic rings. The molecule has 0 radical (unpaired) electrons. The topological polar surface area (TPSA) is 38.3 Å². The molecule has 0 unspecified atom stereocenters. The van der Waals surface area contributed by atoms with E-state index >= 15 is 0 Å². The maximum atomic E-state index is 12.0. The summed E-state index contributed by atoms with van der Waals surface area (Å²) in [7, 11) is 0. The molecule has 0 aliphatic carbocycles. The van der Waals surface area contributed by atoms with E-state index in [1.165, 1.54) is 24.0 Å². The van der Waals surface area contributed by atoms with E-state index in [2.05, 4.69) is 40.3 Å². The summed E-state index contributed by atoms with van der Waals surface area (Å²) in [6.07, 6.45) is 4.61. The number of ether oxygens (including phenoxy) is 1. The molecule has 0 spiro atoms. The summed E-state index contributed by atoms with van der Waals surface area (Å²) in [5, 5.41) is 2.94. The Morgan fingerprint density at radius 3 is 2.56 bits per heavy atom. The lowest BCUT2D eigenvalue weighted by molar-refractivity contribution is -0.116. The molecule has 25 heavy (non-hydrogen) atoms. The average Bonchev–Trinajstić information content (AvgIpc) is 2.59. The summed E-state index contributed by atoms with van der Waals surface area (Å²) in [5.41, 5.74) is 3.35. The summed E-state index contributed by atoms with van der Waals surface area (Å²) >= 11 is 3.49. The highest BCUT2D eigenvalue weighted by Gasteiger charge is 2.05. The van der Waals surface area contributed by atoms with Crippen LogP contribution in [0.3, 0.4) is 0 Å². The molecule has 1 N–H and O–H groups in total. The first-order valence-corrected chi connectivity index (χ1v) is 9.65. The van der Waals surface area contributed by atoms with Gasteiger partial charge in [0.1, 0.15) is 5.75 Å². The smallest absolute Gasteiger partial charge is 0.224 e. The Hall–Kier alpha value is -1.81. The molecular formula is C21H26BrNO2. The van der Waals surface area contributed by atoms with Crippen molar-refractivity contribution in [2.75, 3.05) is 11.9 Å². The van der Waals surface area contributed by atoms with E-state index in [4.69, 9.17) is 4.74 Å². The van der Waals surface area contributed by atoms with Crippen LogP contribution in [-0.4, -0.2) is 12.5 Å². The van der Waals surface area contributed by atoms with Crippen LogP contribution in [0.1, 0.15) is 43.7 Å². The lowest BCUT2D eigenvalue weighted by atomic mass is 10.1. The Kier molecular flexibility index (Phi) is 7.99. The summed E-state index contributed by atoms with van der Waals surface area (Å²) < 4.78 is 6.66. The third kappa shape index (κ3) is 6.91. The van der Waals surface area contributed by atoms with E-state index in [0.717, 1.165) is 22.3 Å². The van der Waals surface area contributed by atoms with Crippen molar-refractivity contribution in [1.82, 2.24) is 0 Å². The van der Waals surface area contributed by atoms with Gasteiger partial charge in [-0.25, -0.2) is 0 Å². The van der Waals surface area contributed by atoms with Gasteiger partial charge in [0.15, 0.2) is 0 Å². The number of halogens is 1. The standard InChI is InChI=1S/C21H26BrNO2/c1-3-4-6-17-9-11-18(12-10-17)23-21(24)7-5-14-25-20-13-8-16(2)15-19(20)22/h8-13,15H,3-7,14H2,1-2H3,(H,23,24). The fraction of sp³-hybridized carbons (Fsp3) is 0.381. The Balaban J connectivity index is 1.70. The number of rotatable bonds is 9. The van der Waals surface area contributed by atoms with Crippen molar-refractivity contribution in [1.29, 1.82) is 0 Å². The van der Waals surface area contributed by atoms with Crippen molar-refractivity contribution in [2.24, 2.45) is 0 Å². The Labute approximate surface area is 158 Å². The minimum Gasteiger partial charge on any atom is -0.492 e. The van der Waals surface area contributed by atoms with Crippen molar-refractivity contribution in [3.8, 4) is 5.75 Å². The lowest BCUT2D eigenvalue weighted by Crippen LogP contribution is -2.12. The van der Waals surface area contributed by atoms with Gasteiger partial charge in [-0.05, 0) is 77.5 Å². The number of hydrogen-bond donors (Lipinski definition) is 1. The van der Waals surface area contributed by atoms with Gasteiger partial charge in [-0.2, -0.15) is 0 Å². The summed E-state index contributed by atoms with van der Waals surface area (Å²) in [6, 6.07) is 14.1. The number of hydrogen-bond acceptors (Lipinski definition) is 2.